The summed E-state index contributed by atoms with van der Waals surface area (Å²) < 4.78 is 13.2. The number of nitrogens with zero attached hydrogens (tertiary/aromatic N) is 1. The summed E-state index contributed by atoms with van der Waals surface area (Å²) in [7, 11) is 0. The summed E-state index contributed by atoms with van der Waals surface area (Å²) in [5, 5.41) is 12.9. The molecule has 0 saturated carbocycles. The molecule has 0 fully saturated rings. The van der Waals surface area contributed by atoms with Crippen molar-refractivity contribution < 1.29 is 14.3 Å². The highest BCUT2D eigenvalue weighted by Crippen LogP contribution is 2.35. The summed E-state index contributed by atoms with van der Waals surface area (Å²) >= 11 is 12.8. The minimum atomic E-state index is -0.507. The van der Waals surface area contributed by atoms with Crippen molar-refractivity contribution in [2.75, 3.05) is 11.9 Å². The fourth-order valence-electron chi connectivity index (χ4n) is 2.82. The monoisotopic (exact) mass is 588 g/mol. The van der Waals surface area contributed by atoms with Gasteiger partial charge in [-0.25, -0.2) is 0 Å². The smallest absolute Gasteiger partial charge is 0.266 e. The van der Waals surface area contributed by atoms with Crippen LogP contribution in [0.15, 0.2) is 75.2 Å². The van der Waals surface area contributed by atoms with Crippen LogP contribution in [0.4, 0.5) is 5.69 Å². The standard InChI is InChI=1S/C25H19Br2ClN2O3/c1-2-32-23-12-17(11-18(14-29)25(31)30-21-9-5-19(26)6-10-21)22(27)13-24(23)33-15-16-3-7-20(28)8-4-16/h3-13H,2,15H2,1H3,(H,30,31)/b18-11+. The quantitative estimate of drug-likeness (QED) is 0.219. The minimum Gasteiger partial charge on any atom is -0.490 e. The number of amides is 1. The number of nitrogens with one attached hydrogen (secondary N) is 1. The maximum Gasteiger partial charge on any atom is 0.266 e. The maximum absolute atomic E-state index is 12.6. The normalized spacial score (nSPS) is 10.9. The molecule has 0 saturated heterocycles. The van der Waals surface area contributed by atoms with E-state index < -0.39 is 5.91 Å². The van der Waals surface area contributed by atoms with E-state index in [9.17, 15) is 10.1 Å². The minimum absolute atomic E-state index is 0.0455. The third kappa shape index (κ3) is 7.10. The number of halogens is 3. The lowest BCUT2D eigenvalue weighted by atomic mass is 10.1. The highest BCUT2D eigenvalue weighted by molar-refractivity contribution is 9.10. The van der Waals surface area contributed by atoms with Crippen molar-refractivity contribution in [2.45, 2.75) is 13.5 Å². The van der Waals surface area contributed by atoms with E-state index in [1.54, 1.807) is 48.5 Å². The lowest BCUT2D eigenvalue weighted by molar-refractivity contribution is -0.112. The molecule has 0 heterocycles. The van der Waals surface area contributed by atoms with Crippen molar-refractivity contribution >= 4 is 61.1 Å². The van der Waals surface area contributed by atoms with E-state index in [4.69, 9.17) is 21.1 Å². The number of nitriles is 1. The first kappa shape index (κ1) is 24.8. The van der Waals surface area contributed by atoms with Crippen LogP contribution in [-0.2, 0) is 11.4 Å². The van der Waals surface area contributed by atoms with Gasteiger partial charge in [-0.2, -0.15) is 5.26 Å². The highest BCUT2D eigenvalue weighted by atomic mass is 79.9. The number of hydrogen-bond donors (Lipinski definition) is 1. The van der Waals surface area contributed by atoms with Gasteiger partial charge in [0.2, 0.25) is 0 Å². The molecule has 0 radical (unpaired) electrons. The number of benzene rings is 3. The molecular formula is C25H19Br2ClN2O3. The number of carbonyl (C=O) groups excluding carboxylic acids is 1. The van der Waals surface area contributed by atoms with Crippen molar-refractivity contribution in [1.29, 1.82) is 5.26 Å². The van der Waals surface area contributed by atoms with Crippen LogP contribution in [0.3, 0.4) is 0 Å². The molecular weight excluding hydrogens is 572 g/mol. The van der Waals surface area contributed by atoms with E-state index in [-0.39, 0.29) is 5.57 Å². The van der Waals surface area contributed by atoms with Gasteiger partial charge in [0.05, 0.1) is 6.61 Å². The SMILES string of the molecule is CCOc1cc(/C=C(\C#N)C(=O)Nc2ccc(Br)cc2)c(Br)cc1OCc1ccc(Cl)cc1. The van der Waals surface area contributed by atoms with E-state index in [1.165, 1.54) is 6.08 Å². The second-order valence-electron chi connectivity index (χ2n) is 6.80. The molecule has 1 amide bonds. The van der Waals surface area contributed by atoms with Crippen LogP contribution in [-0.4, -0.2) is 12.5 Å². The van der Waals surface area contributed by atoms with Gasteiger partial charge in [0, 0.05) is 19.7 Å². The van der Waals surface area contributed by atoms with Crippen molar-refractivity contribution in [3.05, 3.63) is 91.3 Å². The van der Waals surface area contributed by atoms with E-state index in [0.29, 0.717) is 45.5 Å². The zero-order valence-corrected chi connectivity index (χ0v) is 21.5. The fraction of sp³-hybridized carbons (Fsp3) is 0.120. The second kappa shape index (κ2) is 11.9. The van der Waals surface area contributed by atoms with Crippen molar-refractivity contribution in [1.82, 2.24) is 0 Å². The molecule has 3 aromatic rings. The molecule has 0 atom stereocenters. The van der Waals surface area contributed by atoms with E-state index >= 15 is 0 Å². The summed E-state index contributed by atoms with van der Waals surface area (Å²) in [4.78, 5) is 12.6. The Morgan fingerprint density at radius 3 is 2.36 bits per heavy atom. The first-order valence-electron chi connectivity index (χ1n) is 9.92. The van der Waals surface area contributed by atoms with Crippen LogP contribution in [0, 0.1) is 11.3 Å². The number of carbonyl (C=O) groups is 1. The zero-order valence-electron chi connectivity index (χ0n) is 17.6. The molecule has 0 aliphatic heterocycles. The lowest BCUT2D eigenvalue weighted by Gasteiger charge is -2.14. The molecule has 0 aromatic heterocycles. The maximum atomic E-state index is 12.6. The van der Waals surface area contributed by atoms with Crippen LogP contribution in [0.5, 0.6) is 11.5 Å². The summed E-state index contributed by atoms with van der Waals surface area (Å²) in [6.45, 7) is 2.63. The Kier molecular flexibility index (Phi) is 8.95. The van der Waals surface area contributed by atoms with Gasteiger partial charge in [-0.15, -0.1) is 0 Å². The second-order valence-corrected chi connectivity index (χ2v) is 9.01. The average molecular weight is 591 g/mol. The Balaban J connectivity index is 1.83. The Morgan fingerprint density at radius 1 is 1.06 bits per heavy atom. The number of ether oxygens (including phenoxy) is 2. The number of rotatable bonds is 8. The van der Waals surface area contributed by atoms with E-state index in [2.05, 4.69) is 37.2 Å². The summed E-state index contributed by atoms with van der Waals surface area (Å²) in [6.07, 6.45) is 1.50. The predicted octanol–water partition coefficient (Wildman–Crippen LogP) is 7.39. The zero-order chi connectivity index (χ0) is 23.8. The van der Waals surface area contributed by atoms with Gasteiger partial charge in [-0.05, 0) is 72.7 Å². The molecule has 0 spiro atoms. The van der Waals surface area contributed by atoms with Crippen molar-refractivity contribution in [3.8, 4) is 17.6 Å². The van der Waals surface area contributed by atoms with Crippen LogP contribution >= 0.6 is 43.5 Å². The predicted molar refractivity (Wildman–Crippen MR) is 137 cm³/mol. The van der Waals surface area contributed by atoms with Gasteiger partial charge in [0.1, 0.15) is 18.2 Å². The molecule has 8 heteroatoms. The summed E-state index contributed by atoms with van der Waals surface area (Å²) in [5.74, 6) is 0.535. The average Bonchev–Trinajstić information content (AvgIpc) is 2.80. The Bertz CT molecular complexity index is 1200. The molecule has 5 nitrogen and oxygen atoms in total. The molecule has 3 aromatic carbocycles. The largest absolute Gasteiger partial charge is 0.490 e. The van der Waals surface area contributed by atoms with Gasteiger partial charge < -0.3 is 14.8 Å². The van der Waals surface area contributed by atoms with Gasteiger partial charge in [-0.3, -0.25) is 4.79 Å². The molecule has 1 N–H and O–H groups in total. The van der Waals surface area contributed by atoms with Crippen LogP contribution in [0.2, 0.25) is 5.02 Å². The Hall–Kier alpha value is -2.79. The Labute approximate surface area is 214 Å². The molecule has 0 aliphatic rings. The first-order valence-corrected chi connectivity index (χ1v) is 11.9. The topological polar surface area (TPSA) is 71.3 Å². The Morgan fingerprint density at radius 2 is 1.73 bits per heavy atom. The van der Waals surface area contributed by atoms with Crippen molar-refractivity contribution in [2.24, 2.45) is 0 Å². The number of hydrogen-bond acceptors (Lipinski definition) is 4. The van der Waals surface area contributed by atoms with Gasteiger partial charge in [-0.1, -0.05) is 55.6 Å². The van der Waals surface area contributed by atoms with Gasteiger partial charge in [0.25, 0.3) is 5.91 Å². The lowest BCUT2D eigenvalue weighted by Crippen LogP contribution is -2.13. The van der Waals surface area contributed by atoms with E-state index in [0.717, 1.165) is 10.0 Å². The third-order valence-corrected chi connectivity index (χ3v) is 5.90. The molecule has 0 aliphatic carbocycles. The summed E-state index contributed by atoms with van der Waals surface area (Å²) in [6, 6.07) is 19.9. The van der Waals surface area contributed by atoms with Crippen LogP contribution < -0.4 is 14.8 Å². The van der Waals surface area contributed by atoms with E-state index in [1.807, 2.05) is 25.1 Å². The number of anilines is 1. The van der Waals surface area contributed by atoms with Gasteiger partial charge >= 0.3 is 0 Å². The molecule has 3 rings (SSSR count). The third-order valence-electron chi connectivity index (χ3n) is 4.44. The van der Waals surface area contributed by atoms with Crippen LogP contribution in [0.1, 0.15) is 18.1 Å². The molecule has 0 bridgehead atoms. The molecule has 33 heavy (non-hydrogen) atoms. The van der Waals surface area contributed by atoms with Crippen molar-refractivity contribution in [3.63, 3.8) is 0 Å². The first-order chi connectivity index (χ1) is 15.9. The van der Waals surface area contributed by atoms with Crippen LogP contribution in [0.25, 0.3) is 6.08 Å². The summed E-state index contributed by atoms with van der Waals surface area (Å²) in [5.41, 5.74) is 2.11. The fourth-order valence-corrected chi connectivity index (χ4v) is 3.65. The molecule has 168 valence electrons. The highest BCUT2D eigenvalue weighted by Gasteiger charge is 2.14. The van der Waals surface area contributed by atoms with Gasteiger partial charge in [0.15, 0.2) is 11.5 Å². The molecule has 0 unspecified atom stereocenters.